The fraction of sp³-hybridized carbons (Fsp3) is 0.333. The molecule has 2 N–H and O–H groups in total. The van der Waals surface area contributed by atoms with Gasteiger partial charge >= 0.3 is 0 Å². The molecule has 0 bridgehead atoms. The fourth-order valence-electron chi connectivity index (χ4n) is 6.67. The molecular weight excluding hydrogens is 595 g/mol. The van der Waals surface area contributed by atoms with Gasteiger partial charge in [-0.15, -0.1) is 0 Å². The summed E-state index contributed by atoms with van der Waals surface area (Å²) in [5.74, 6) is 1.49. The smallest absolute Gasteiger partial charge is 0.159 e. The van der Waals surface area contributed by atoms with E-state index in [9.17, 15) is 4.39 Å². The van der Waals surface area contributed by atoms with Crippen LogP contribution in [-0.2, 0) is 0 Å². The molecule has 8 rings (SSSR count). The second kappa shape index (κ2) is 13.1. The highest BCUT2D eigenvalue weighted by Crippen LogP contribution is 2.34. The molecule has 2 saturated heterocycles. The van der Waals surface area contributed by atoms with Gasteiger partial charge in [0, 0.05) is 41.9 Å². The number of hydrogen-bond acceptors (Lipinski definition) is 8. The second-order valence-corrected chi connectivity index (χ2v) is 12.4. The summed E-state index contributed by atoms with van der Waals surface area (Å²) >= 11 is 0. The van der Waals surface area contributed by atoms with E-state index in [2.05, 4.69) is 34.9 Å². The Balaban J connectivity index is 1.05. The molecule has 6 aromatic rings. The van der Waals surface area contributed by atoms with Crippen molar-refractivity contribution in [2.75, 3.05) is 52.5 Å². The van der Waals surface area contributed by atoms with Crippen LogP contribution in [0.5, 0.6) is 11.5 Å². The van der Waals surface area contributed by atoms with Crippen molar-refractivity contribution in [2.24, 2.45) is 0 Å². The van der Waals surface area contributed by atoms with Gasteiger partial charge in [-0.3, -0.25) is 24.9 Å². The average molecular weight is 633 g/mol. The predicted octanol–water partition coefficient (Wildman–Crippen LogP) is 6.32. The summed E-state index contributed by atoms with van der Waals surface area (Å²) in [6.07, 6.45) is 10.3. The van der Waals surface area contributed by atoms with Crippen LogP contribution in [0.4, 0.5) is 4.39 Å². The van der Waals surface area contributed by atoms with Crippen LogP contribution < -0.4 is 9.47 Å². The minimum absolute atomic E-state index is 0.347. The third-order valence-corrected chi connectivity index (χ3v) is 9.13. The number of nitrogens with zero attached hydrogens (tertiary/aromatic N) is 6. The highest BCUT2D eigenvalue weighted by molar-refractivity contribution is 5.97. The maximum Gasteiger partial charge on any atom is 0.159 e. The molecular formula is C36H37FN8O2. The number of para-hydroxylation sites is 1. The summed E-state index contributed by atoms with van der Waals surface area (Å²) in [5, 5.41) is 8.56. The third kappa shape index (κ3) is 6.41. The molecule has 0 atom stereocenters. The van der Waals surface area contributed by atoms with E-state index in [1.54, 1.807) is 18.6 Å². The van der Waals surface area contributed by atoms with Crippen molar-refractivity contribution in [1.29, 1.82) is 0 Å². The Morgan fingerprint density at radius 3 is 2.30 bits per heavy atom. The lowest BCUT2D eigenvalue weighted by Crippen LogP contribution is -2.25. The summed E-state index contributed by atoms with van der Waals surface area (Å²) in [5.41, 5.74) is 6.14. The average Bonchev–Trinajstić information content (AvgIpc) is 3.91. The van der Waals surface area contributed by atoms with Gasteiger partial charge in [-0.2, -0.15) is 5.10 Å². The van der Waals surface area contributed by atoms with Crippen molar-refractivity contribution in [3.05, 3.63) is 72.9 Å². The lowest BCUT2D eigenvalue weighted by molar-refractivity contribution is 0.237. The number of halogens is 1. The summed E-state index contributed by atoms with van der Waals surface area (Å²) in [6.45, 7) is 7.39. The van der Waals surface area contributed by atoms with Crippen molar-refractivity contribution < 1.29 is 13.9 Å². The van der Waals surface area contributed by atoms with Gasteiger partial charge in [0.25, 0.3) is 0 Å². The molecule has 0 unspecified atom stereocenters. The van der Waals surface area contributed by atoms with Gasteiger partial charge in [-0.05, 0) is 87.8 Å². The fourth-order valence-corrected chi connectivity index (χ4v) is 6.67. The SMILES string of the molecule is Fc1cc(OCCN2CCCC2)cc(-c2cccc3[nH]c(-c4n[nH]c5cnc(-c6cncc(OCCN7CCCC7)c6)cc45)nc23)c1. The molecule has 4 aromatic heterocycles. The number of benzene rings is 2. The van der Waals surface area contributed by atoms with Crippen molar-refractivity contribution in [2.45, 2.75) is 25.7 Å². The van der Waals surface area contributed by atoms with Crippen LogP contribution in [0.3, 0.4) is 0 Å². The molecule has 0 spiro atoms. The van der Waals surface area contributed by atoms with E-state index in [-0.39, 0.29) is 5.82 Å². The number of likely N-dealkylation sites (tertiary alicyclic amines) is 2. The number of pyridine rings is 2. The maximum absolute atomic E-state index is 14.8. The second-order valence-electron chi connectivity index (χ2n) is 12.4. The molecule has 10 nitrogen and oxygen atoms in total. The van der Waals surface area contributed by atoms with Gasteiger partial charge in [0.15, 0.2) is 5.82 Å². The minimum Gasteiger partial charge on any atom is -0.492 e. The van der Waals surface area contributed by atoms with Crippen LogP contribution >= 0.6 is 0 Å². The molecule has 0 aliphatic carbocycles. The Labute approximate surface area is 272 Å². The zero-order valence-corrected chi connectivity index (χ0v) is 26.2. The van der Waals surface area contributed by atoms with Crippen molar-refractivity contribution in [3.63, 3.8) is 0 Å². The number of rotatable bonds is 11. The molecule has 0 saturated carbocycles. The van der Waals surface area contributed by atoms with E-state index in [1.807, 2.05) is 36.4 Å². The number of H-pyrrole nitrogens is 2. The number of nitrogens with one attached hydrogen (secondary N) is 2. The number of ether oxygens (including phenoxy) is 2. The number of aromatic nitrogens is 6. The topological polar surface area (TPSA) is 108 Å². The first-order valence-electron chi connectivity index (χ1n) is 16.5. The first-order valence-corrected chi connectivity index (χ1v) is 16.5. The first-order chi connectivity index (χ1) is 23.2. The largest absolute Gasteiger partial charge is 0.492 e. The molecule has 11 heteroatoms. The number of fused-ring (bicyclic) bond motifs is 2. The van der Waals surface area contributed by atoms with Gasteiger partial charge < -0.3 is 14.5 Å². The van der Waals surface area contributed by atoms with Gasteiger partial charge in [0.2, 0.25) is 0 Å². The third-order valence-electron chi connectivity index (χ3n) is 9.13. The molecule has 240 valence electrons. The minimum atomic E-state index is -0.347. The van der Waals surface area contributed by atoms with E-state index < -0.39 is 0 Å². The molecule has 2 aliphatic rings. The number of imidazole rings is 1. The van der Waals surface area contributed by atoms with Crippen molar-refractivity contribution in [1.82, 2.24) is 39.9 Å². The van der Waals surface area contributed by atoms with Crippen molar-refractivity contribution in [3.8, 4) is 45.4 Å². The van der Waals surface area contributed by atoms with Crippen molar-refractivity contribution >= 4 is 21.9 Å². The van der Waals surface area contributed by atoms with Crippen LogP contribution in [0.1, 0.15) is 25.7 Å². The highest BCUT2D eigenvalue weighted by atomic mass is 19.1. The molecule has 6 heterocycles. The Morgan fingerprint density at radius 2 is 1.51 bits per heavy atom. The van der Waals surface area contributed by atoms with Gasteiger partial charge in [-0.1, -0.05) is 12.1 Å². The summed E-state index contributed by atoms with van der Waals surface area (Å²) in [4.78, 5) is 22.3. The first kappa shape index (κ1) is 29.5. The molecule has 2 aliphatic heterocycles. The Bertz CT molecular complexity index is 2010. The lowest BCUT2D eigenvalue weighted by Gasteiger charge is -2.15. The monoisotopic (exact) mass is 632 g/mol. The van der Waals surface area contributed by atoms with E-state index in [0.29, 0.717) is 36.0 Å². The normalized spacial score (nSPS) is 15.7. The van der Waals surface area contributed by atoms with Crippen LogP contribution in [0.15, 0.2) is 67.1 Å². The summed E-state index contributed by atoms with van der Waals surface area (Å²) in [7, 11) is 0. The Hall–Kier alpha value is -4.87. The molecule has 2 aromatic carbocycles. The van der Waals surface area contributed by atoms with Gasteiger partial charge in [0.1, 0.15) is 36.2 Å². The molecule has 0 amide bonds. The number of hydrogen-bond donors (Lipinski definition) is 2. The lowest BCUT2D eigenvalue weighted by atomic mass is 10.0. The van der Waals surface area contributed by atoms with Crippen LogP contribution in [0, 0.1) is 5.82 Å². The van der Waals surface area contributed by atoms with Crippen LogP contribution in [0.25, 0.3) is 55.8 Å². The molecule has 47 heavy (non-hydrogen) atoms. The van der Waals surface area contributed by atoms with E-state index in [0.717, 1.165) is 83.8 Å². The molecule has 0 radical (unpaired) electrons. The van der Waals surface area contributed by atoms with E-state index >= 15 is 0 Å². The Kier molecular flexibility index (Phi) is 8.22. The van der Waals surface area contributed by atoms with Crippen LogP contribution in [-0.4, -0.2) is 92.4 Å². The zero-order valence-electron chi connectivity index (χ0n) is 26.2. The number of aromatic amines is 2. The maximum atomic E-state index is 14.8. The van der Waals surface area contributed by atoms with Gasteiger partial charge in [-0.25, -0.2) is 9.37 Å². The standard InChI is InChI=1S/C36H37FN8O2/c37-26-16-24(17-27(19-26)46-14-12-44-8-1-2-9-44)29-6-5-7-31-34(29)41-36(40-31)35-30-20-32(39-23-33(30)42-43-35)25-18-28(22-38-21-25)47-15-13-45-10-3-4-11-45/h5-7,16-23H,1-4,8-15H2,(H,40,41)(H,42,43). The molecule has 2 fully saturated rings. The van der Waals surface area contributed by atoms with Gasteiger partial charge in [0.05, 0.1) is 34.6 Å². The quantitative estimate of drug-likeness (QED) is 0.171. The van der Waals surface area contributed by atoms with Crippen LogP contribution in [0.2, 0.25) is 0 Å². The summed E-state index contributed by atoms with van der Waals surface area (Å²) in [6, 6.07) is 14.7. The Morgan fingerprint density at radius 1 is 0.766 bits per heavy atom. The summed E-state index contributed by atoms with van der Waals surface area (Å²) < 4.78 is 26.8. The predicted molar refractivity (Wildman–Crippen MR) is 180 cm³/mol. The highest BCUT2D eigenvalue weighted by Gasteiger charge is 2.18. The zero-order chi connectivity index (χ0) is 31.6. The van der Waals surface area contributed by atoms with E-state index in [1.165, 1.54) is 37.8 Å². The van der Waals surface area contributed by atoms with E-state index in [4.69, 9.17) is 14.5 Å².